The largest absolute Gasteiger partial charge is 0.311 e. The third-order valence-corrected chi connectivity index (χ3v) is 3.53. The molecule has 1 aromatic carbocycles. The molecule has 4 heteroatoms. The van der Waals surface area contributed by atoms with Gasteiger partial charge in [0.25, 0.3) is 0 Å². The standard InChI is InChI=1S/C15H23N3O/c1-4-18(13-7-5-6-11(2)8-13)15(19)14-10-16-12(3)9-17-14/h5-8,12,14,16-17H,4,9-10H2,1-3H3. The number of piperazine rings is 1. The summed E-state index contributed by atoms with van der Waals surface area (Å²) < 4.78 is 0. The Morgan fingerprint density at radius 2 is 2.16 bits per heavy atom. The molecule has 4 nitrogen and oxygen atoms in total. The summed E-state index contributed by atoms with van der Waals surface area (Å²) in [6.45, 7) is 8.40. The van der Waals surface area contributed by atoms with Crippen LogP contribution in [0.2, 0.25) is 0 Å². The monoisotopic (exact) mass is 261 g/mol. The van der Waals surface area contributed by atoms with Gasteiger partial charge in [-0.05, 0) is 38.5 Å². The van der Waals surface area contributed by atoms with Crippen molar-refractivity contribution >= 4 is 11.6 Å². The second kappa shape index (κ2) is 6.17. The van der Waals surface area contributed by atoms with E-state index in [1.165, 1.54) is 5.56 Å². The number of aryl methyl sites for hydroxylation is 1. The van der Waals surface area contributed by atoms with Crippen molar-refractivity contribution in [2.75, 3.05) is 24.5 Å². The lowest BCUT2D eigenvalue weighted by Gasteiger charge is -2.32. The number of nitrogens with one attached hydrogen (secondary N) is 2. The number of likely N-dealkylation sites (N-methyl/N-ethyl adjacent to an activating group) is 1. The molecule has 1 amide bonds. The molecule has 1 aliphatic heterocycles. The van der Waals surface area contributed by atoms with E-state index in [0.29, 0.717) is 19.1 Å². The molecular formula is C15H23N3O. The number of hydrogen-bond donors (Lipinski definition) is 2. The lowest BCUT2D eigenvalue weighted by atomic mass is 10.1. The Morgan fingerprint density at radius 3 is 2.74 bits per heavy atom. The number of nitrogens with zero attached hydrogens (tertiary/aromatic N) is 1. The lowest BCUT2D eigenvalue weighted by molar-refractivity contribution is -0.120. The van der Waals surface area contributed by atoms with Crippen LogP contribution in [0.1, 0.15) is 19.4 Å². The summed E-state index contributed by atoms with van der Waals surface area (Å²) in [5.41, 5.74) is 2.15. The molecule has 104 valence electrons. The molecule has 2 N–H and O–H groups in total. The van der Waals surface area contributed by atoms with E-state index in [4.69, 9.17) is 0 Å². The fraction of sp³-hybridized carbons (Fsp3) is 0.533. The van der Waals surface area contributed by atoms with Crippen LogP contribution in [0.4, 0.5) is 5.69 Å². The van der Waals surface area contributed by atoms with Gasteiger partial charge in [0, 0.05) is 31.4 Å². The van der Waals surface area contributed by atoms with Crippen molar-refractivity contribution in [3.05, 3.63) is 29.8 Å². The second-order valence-electron chi connectivity index (χ2n) is 5.19. The number of rotatable bonds is 3. The molecule has 0 radical (unpaired) electrons. The molecule has 19 heavy (non-hydrogen) atoms. The highest BCUT2D eigenvalue weighted by Crippen LogP contribution is 2.17. The minimum absolute atomic E-state index is 0.128. The van der Waals surface area contributed by atoms with Crippen LogP contribution >= 0.6 is 0 Å². The van der Waals surface area contributed by atoms with Crippen LogP contribution in [-0.4, -0.2) is 37.6 Å². The highest BCUT2D eigenvalue weighted by Gasteiger charge is 2.27. The zero-order valence-electron chi connectivity index (χ0n) is 11.9. The van der Waals surface area contributed by atoms with Crippen molar-refractivity contribution in [2.45, 2.75) is 32.9 Å². The topological polar surface area (TPSA) is 44.4 Å². The zero-order valence-corrected chi connectivity index (χ0v) is 11.9. The summed E-state index contributed by atoms with van der Waals surface area (Å²) in [7, 11) is 0. The van der Waals surface area contributed by atoms with Crippen LogP contribution in [0.15, 0.2) is 24.3 Å². The molecule has 0 aliphatic carbocycles. The average molecular weight is 261 g/mol. The quantitative estimate of drug-likeness (QED) is 0.862. The van der Waals surface area contributed by atoms with Crippen molar-refractivity contribution in [3.63, 3.8) is 0 Å². The van der Waals surface area contributed by atoms with Gasteiger partial charge >= 0.3 is 0 Å². The van der Waals surface area contributed by atoms with E-state index in [-0.39, 0.29) is 11.9 Å². The summed E-state index contributed by atoms with van der Waals surface area (Å²) in [6.07, 6.45) is 0. The van der Waals surface area contributed by atoms with E-state index < -0.39 is 0 Å². The molecule has 2 rings (SSSR count). The fourth-order valence-corrected chi connectivity index (χ4v) is 2.41. The van der Waals surface area contributed by atoms with Gasteiger partial charge in [-0.2, -0.15) is 0 Å². The lowest BCUT2D eigenvalue weighted by Crippen LogP contribution is -2.59. The van der Waals surface area contributed by atoms with E-state index in [0.717, 1.165) is 12.2 Å². The summed E-state index contributed by atoms with van der Waals surface area (Å²) in [4.78, 5) is 14.4. The number of hydrogen-bond acceptors (Lipinski definition) is 3. The molecule has 0 aromatic heterocycles. The molecule has 1 aliphatic rings. The minimum Gasteiger partial charge on any atom is -0.311 e. The first-order valence-electron chi connectivity index (χ1n) is 6.96. The predicted molar refractivity (Wildman–Crippen MR) is 78.5 cm³/mol. The maximum atomic E-state index is 12.6. The van der Waals surface area contributed by atoms with Gasteiger partial charge in [-0.1, -0.05) is 12.1 Å². The number of carbonyl (C=O) groups excluding carboxylic acids is 1. The molecule has 2 unspecified atom stereocenters. The van der Waals surface area contributed by atoms with Crippen molar-refractivity contribution in [3.8, 4) is 0 Å². The Kier molecular flexibility index (Phi) is 4.56. The molecule has 1 fully saturated rings. The minimum atomic E-state index is -0.128. The van der Waals surface area contributed by atoms with Gasteiger partial charge < -0.3 is 15.5 Å². The summed E-state index contributed by atoms with van der Waals surface area (Å²) in [5.74, 6) is 0.146. The smallest absolute Gasteiger partial charge is 0.245 e. The van der Waals surface area contributed by atoms with Gasteiger partial charge in [0.1, 0.15) is 0 Å². The fourth-order valence-electron chi connectivity index (χ4n) is 2.41. The Balaban J connectivity index is 2.11. The van der Waals surface area contributed by atoms with Crippen molar-refractivity contribution in [1.82, 2.24) is 10.6 Å². The maximum absolute atomic E-state index is 12.6. The molecule has 1 saturated heterocycles. The SMILES string of the molecule is CCN(C(=O)C1CNC(C)CN1)c1cccc(C)c1. The Bertz CT molecular complexity index is 439. The van der Waals surface area contributed by atoms with Crippen LogP contribution in [-0.2, 0) is 4.79 Å². The van der Waals surface area contributed by atoms with E-state index in [2.05, 4.69) is 23.6 Å². The van der Waals surface area contributed by atoms with E-state index >= 15 is 0 Å². The maximum Gasteiger partial charge on any atom is 0.245 e. The Morgan fingerprint density at radius 1 is 1.37 bits per heavy atom. The van der Waals surface area contributed by atoms with Crippen molar-refractivity contribution in [2.24, 2.45) is 0 Å². The number of amides is 1. The third-order valence-electron chi connectivity index (χ3n) is 3.53. The predicted octanol–water partition coefficient (Wildman–Crippen LogP) is 1.30. The number of anilines is 1. The van der Waals surface area contributed by atoms with Gasteiger partial charge in [-0.15, -0.1) is 0 Å². The van der Waals surface area contributed by atoms with Crippen LogP contribution in [0.3, 0.4) is 0 Å². The van der Waals surface area contributed by atoms with Crippen molar-refractivity contribution < 1.29 is 4.79 Å². The zero-order chi connectivity index (χ0) is 13.8. The Hall–Kier alpha value is -1.39. The molecule has 2 atom stereocenters. The highest BCUT2D eigenvalue weighted by molar-refractivity contribution is 5.97. The molecule has 1 aromatic rings. The average Bonchev–Trinajstić information content (AvgIpc) is 2.40. The van der Waals surface area contributed by atoms with E-state index in [1.54, 1.807) is 0 Å². The normalized spacial score (nSPS) is 23.1. The first kappa shape index (κ1) is 14.0. The first-order valence-corrected chi connectivity index (χ1v) is 6.96. The highest BCUT2D eigenvalue weighted by atomic mass is 16.2. The summed E-state index contributed by atoms with van der Waals surface area (Å²) in [6, 6.07) is 8.39. The molecular weight excluding hydrogens is 238 g/mol. The molecule has 0 bridgehead atoms. The molecule has 1 heterocycles. The third kappa shape index (κ3) is 3.33. The van der Waals surface area contributed by atoms with E-state index in [9.17, 15) is 4.79 Å². The summed E-state index contributed by atoms with van der Waals surface area (Å²) in [5, 5.41) is 6.66. The second-order valence-corrected chi connectivity index (χ2v) is 5.19. The van der Waals surface area contributed by atoms with Gasteiger partial charge in [0.15, 0.2) is 0 Å². The van der Waals surface area contributed by atoms with Crippen LogP contribution in [0, 0.1) is 6.92 Å². The van der Waals surface area contributed by atoms with Gasteiger partial charge in [0.2, 0.25) is 5.91 Å². The van der Waals surface area contributed by atoms with E-state index in [1.807, 2.05) is 36.9 Å². The summed E-state index contributed by atoms with van der Waals surface area (Å²) >= 11 is 0. The van der Waals surface area contributed by atoms with Crippen LogP contribution in [0.5, 0.6) is 0 Å². The van der Waals surface area contributed by atoms with Gasteiger partial charge in [-0.25, -0.2) is 0 Å². The first-order chi connectivity index (χ1) is 9.11. The number of benzene rings is 1. The van der Waals surface area contributed by atoms with Crippen molar-refractivity contribution in [1.29, 1.82) is 0 Å². The number of carbonyl (C=O) groups is 1. The molecule has 0 saturated carbocycles. The van der Waals surface area contributed by atoms with Gasteiger partial charge in [0.05, 0.1) is 6.04 Å². The van der Waals surface area contributed by atoms with Gasteiger partial charge in [-0.3, -0.25) is 4.79 Å². The van der Waals surface area contributed by atoms with Crippen LogP contribution in [0.25, 0.3) is 0 Å². The van der Waals surface area contributed by atoms with Crippen LogP contribution < -0.4 is 15.5 Å². The molecule has 0 spiro atoms. The Labute approximate surface area is 115 Å².